The first-order valence-corrected chi connectivity index (χ1v) is 3.51. The van der Waals surface area contributed by atoms with Crippen LogP contribution < -0.4 is 0 Å². The van der Waals surface area contributed by atoms with Gasteiger partial charge in [0, 0.05) is 20.0 Å². The Morgan fingerprint density at radius 1 is 1.40 bits per heavy atom. The number of hydrogen-bond acceptors (Lipinski definition) is 2. The monoisotopic (exact) mass is 142 g/mol. The molecular weight excluding hydrogens is 124 g/mol. The van der Waals surface area contributed by atoms with Crippen molar-refractivity contribution in [3.63, 3.8) is 0 Å². The number of hydrogen-bond donors (Lipinski definition) is 0. The van der Waals surface area contributed by atoms with Crippen molar-refractivity contribution in [1.29, 1.82) is 0 Å². The van der Waals surface area contributed by atoms with Crippen LogP contribution in [0.4, 0.5) is 0 Å². The van der Waals surface area contributed by atoms with Gasteiger partial charge in [-0.05, 0) is 13.8 Å². The maximum absolute atomic E-state index is 3.64. The van der Waals surface area contributed by atoms with Crippen molar-refractivity contribution in [2.24, 2.45) is 5.10 Å². The molecule has 0 rings (SSSR count). The molecule has 0 saturated carbocycles. The molecule has 0 aromatic rings. The highest BCUT2D eigenvalue weighted by atomic mass is 15.4. The summed E-state index contributed by atoms with van der Waals surface area (Å²) in [6.45, 7) is 11.4. The van der Waals surface area contributed by atoms with Gasteiger partial charge in [0.25, 0.3) is 0 Å². The van der Waals surface area contributed by atoms with Gasteiger partial charge >= 0.3 is 0 Å². The van der Waals surface area contributed by atoms with Crippen molar-refractivity contribution in [3.05, 3.63) is 11.8 Å². The molecule has 0 spiro atoms. The molecule has 60 valence electrons. The third-order valence-corrected chi connectivity index (χ3v) is 0.668. The highest BCUT2D eigenvalue weighted by Gasteiger charge is 1.79. The Bertz CT molecular complexity index is 102. The molecule has 0 saturated heterocycles. The molecule has 0 N–H and O–H groups in total. The second kappa shape index (κ2) is 8.21. The highest BCUT2D eigenvalue weighted by molar-refractivity contribution is 5.22. The van der Waals surface area contributed by atoms with Gasteiger partial charge in [0.2, 0.25) is 0 Å². The number of hydrazone groups is 1. The lowest BCUT2D eigenvalue weighted by Gasteiger charge is -2.03. The third kappa shape index (κ3) is 10.2. The van der Waals surface area contributed by atoms with Gasteiger partial charge < -0.3 is 0 Å². The van der Waals surface area contributed by atoms with Crippen molar-refractivity contribution in [2.45, 2.75) is 27.7 Å². The zero-order valence-electron chi connectivity index (χ0n) is 7.68. The first kappa shape index (κ1) is 11.9. The summed E-state index contributed by atoms with van der Waals surface area (Å²) in [5, 5.41) is 5.31. The molecule has 0 aromatic carbocycles. The molecule has 0 amide bonds. The van der Waals surface area contributed by atoms with Crippen molar-refractivity contribution in [1.82, 2.24) is 5.01 Å². The summed E-state index contributed by atoms with van der Waals surface area (Å²) < 4.78 is 0. The summed E-state index contributed by atoms with van der Waals surface area (Å²) in [5.74, 6) is 0. The lowest BCUT2D eigenvalue weighted by atomic mass is 10.4. The minimum atomic E-state index is 1.22. The Kier molecular flexibility index (Phi) is 9.80. The highest BCUT2D eigenvalue weighted by Crippen LogP contribution is 1.91. The molecule has 0 aromatic heterocycles. The first-order chi connectivity index (χ1) is 4.66. The van der Waals surface area contributed by atoms with Gasteiger partial charge in [0.1, 0.15) is 0 Å². The van der Waals surface area contributed by atoms with Crippen LogP contribution in [-0.2, 0) is 0 Å². The fourth-order valence-corrected chi connectivity index (χ4v) is 0.414. The number of allylic oxidation sites excluding steroid dienone is 1. The summed E-state index contributed by atoms with van der Waals surface area (Å²) in [6.07, 6.45) is 1.91. The molecule has 0 unspecified atom stereocenters. The molecule has 0 fully saturated rings. The maximum atomic E-state index is 3.64. The van der Waals surface area contributed by atoms with E-state index in [0.717, 1.165) is 0 Å². The molecular formula is C8H18N2. The van der Waals surface area contributed by atoms with Gasteiger partial charge in [0.15, 0.2) is 0 Å². The lowest BCUT2D eigenvalue weighted by molar-refractivity contribution is 0.491. The van der Waals surface area contributed by atoms with Crippen molar-refractivity contribution < 1.29 is 0 Å². The summed E-state index contributed by atoms with van der Waals surface area (Å²) in [4.78, 5) is 0. The first-order valence-electron chi connectivity index (χ1n) is 3.51. The smallest absolute Gasteiger partial charge is 0.0296 e. The molecule has 0 aliphatic carbocycles. The van der Waals surface area contributed by atoms with E-state index in [1.165, 1.54) is 5.57 Å². The minimum absolute atomic E-state index is 1.22. The summed E-state index contributed by atoms with van der Waals surface area (Å²) >= 11 is 0. The second-order valence-electron chi connectivity index (χ2n) is 1.92. The topological polar surface area (TPSA) is 15.6 Å². The summed E-state index contributed by atoms with van der Waals surface area (Å²) in [6, 6.07) is 0. The summed E-state index contributed by atoms with van der Waals surface area (Å²) in [7, 11) is 1.85. The van der Waals surface area contributed by atoms with Crippen LogP contribution in [0, 0.1) is 0 Å². The third-order valence-electron chi connectivity index (χ3n) is 0.668. The van der Waals surface area contributed by atoms with Gasteiger partial charge in [-0.1, -0.05) is 19.4 Å². The van der Waals surface area contributed by atoms with E-state index >= 15 is 0 Å². The van der Waals surface area contributed by atoms with Crippen LogP contribution in [0.15, 0.2) is 16.9 Å². The van der Waals surface area contributed by atoms with Crippen LogP contribution in [0.25, 0.3) is 0 Å². The van der Waals surface area contributed by atoms with Gasteiger partial charge in [-0.3, -0.25) is 5.01 Å². The predicted molar refractivity (Wildman–Crippen MR) is 48.1 cm³/mol. The Hall–Kier alpha value is -0.790. The molecule has 0 atom stereocenters. The Balaban J connectivity index is 0. The van der Waals surface area contributed by atoms with Crippen molar-refractivity contribution in [2.75, 3.05) is 7.05 Å². The van der Waals surface area contributed by atoms with Crippen LogP contribution in [0.3, 0.4) is 0 Å². The summed E-state index contributed by atoms with van der Waals surface area (Å²) in [5.41, 5.74) is 1.22. The van der Waals surface area contributed by atoms with Gasteiger partial charge in [-0.2, -0.15) is 5.10 Å². The zero-order valence-corrected chi connectivity index (χ0v) is 7.68. The fraction of sp³-hybridized carbons (Fsp3) is 0.625. The minimum Gasteiger partial charge on any atom is -0.277 e. The van der Waals surface area contributed by atoms with Gasteiger partial charge in [-0.25, -0.2) is 0 Å². The van der Waals surface area contributed by atoms with E-state index < -0.39 is 0 Å². The Morgan fingerprint density at radius 3 is 1.90 bits per heavy atom. The second-order valence-corrected chi connectivity index (χ2v) is 1.92. The Morgan fingerprint density at radius 2 is 1.80 bits per heavy atom. The van der Waals surface area contributed by atoms with E-state index in [4.69, 9.17) is 0 Å². The predicted octanol–water partition coefficient (Wildman–Crippen LogP) is 2.48. The van der Waals surface area contributed by atoms with Crippen LogP contribution in [0.2, 0.25) is 0 Å². The zero-order chi connectivity index (χ0) is 8.57. The van der Waals surface area contributed by atoms with E-state index in [2.05, 4.69) is 11.8 Å². The quantitative estimate of drug-likeness (QED) is 0.427. The maximum Gasteiger partial charge on any atom is 0.0296 e. The molecule has 10 heavy (non-hydrogen) atoms. The average Bonchev–Trinajstić information content (AvgIpc) is 1.91. The van der Waals surface area contributed by atoms with E-state index in [1.807, 2.05) is 40.9 Å². The van der Waals surface area contributed by atoms with Crippen LogP contribution in [0.1, 0.15) is 27.7 Å². The average molecular weight is 142 g/mol. The lowest BCUT2D eigenvalue weighted by Crippen LogP contribution is -1.99. The molecule has 0 aliphatic heterocycles. The van der Waals surface area contributed by atoms with Gasteiger partial charge in [-0.15, -0.1) is 0 Å². The molecule has 2 nitrogen and oxygen atoms in total. The number of rotatable bonds is 2. The molecule has 0 aliphatic rings. The molecule has 0 bridgehead atoms. The standard InChI is InChI=1S/C6H12N2.C2H6/c1-6(2)5-8(4)7-3;1-2/h5H,3H2,1-2,4H3;1-2H3. The van der Waals surface area contributed by atoms with E-state index in [0.29, 0.717) is 0 Å². The van der Waals surface area contributed by atoms with Crippen LogP contribution in [0.5, 0.6) is 0 Å². The van der Waals surface area contributed by atoms with E-state index in [-0.39, 0.29) is 0 Å². The number of nitrogens with zero attached hydrogens (tertiary/aromatic N) is 2. The molecule has 0 radical (unpaired) electrons. The molecule has 2 heteroatoms. The van der Waals surface area contributed by atoms with E-state index in [1.54, 1.807) is 5.01 Å². The van der Waals surface area contributed by atoms with Crippen molar-refractivity contribution in [3.8, 4) is 0 Å². The van der Waals surface area contributed by atoms with E-state index in [9.17, 15) is 0 Å². The SMILES string of the molecule is C=NN(C)C=C(C)C.CC. The normalized spacial score (nSPS) is 6.90. The fourth-order valence-electron chi connectivity index (χ4n) is 0.414. The Labute approximate surface area is 64.2 Å². The van der Waals surface area contributed by atoms with Crippen LogP contribution >= 0.6 is 0 Å². The van der Waals surface area contributed by atoms with Crippen LogP contribution in [-0.4, -0.2) is 18.8 Å². The largest absolute Gasteiger partial charge is 0.277 e. The van der Waals surface area contributed by atoms with Gasteiger partial charge in [0.05, 0.1) is 0 Å². The van der Waals surface area contributed by atoms with Crippen molar-refractivity contribution >= 4 is 6.72 Å². The molecule has 0 heterocycles.